The first-order valence-electron chi connectivity index (χ1n) is 10.2. The third-order valence-corrected chi connectivity index (χ3v) is 5.11. The SMILES string of the molecule is COc1ccc(OCC(O)C[N+]2=C(NCC(C)C)N=C3C2C(=O)N(C)C(=O)N3C)cc1. The number of guanidine groups is 1. The predicted molar refractivity (Wildman–Crippen MR) is 115 cm³/mol. The molecular formula is C21H30N5O5+. The normalized spacial score (nSPS) is 19.6. The van der Waals surface area contributed by atoms with Gasteiger partial charge >= 0.3 is 12.0 Å². The molecule has 0 bridgehead atoms. The molecule has 1 aromatic rings. The number of fused-ring (bicyclic) bond motifs is 1. The van der Waals surface area contributed by atoms with E-state index in [-0.39, 0.29) is 19.1 Å². The number of amidine groups is 1. The number of nitrogens with zero attached hydrogens (tertiary/aromatic N) is 4. The summed E-state index contributed by atoms with van der Waals surface area (Å²) in [4.78, 5) is 32.1. The van der Waals surface area contributed by atoms with Gasteiger partial charge in [0.15, 0.2) is 0 Å². The van der Waals surface area contributed by atoms with Crippen LogP contribution in [0.1, 0.15) is 13.8 Å². The average Bonchev–Trinajstić information content (AvgIpc) is 3.11. The van der Waals surface area contributed by atoms with Gasteiger partial charge in [-0.3, -0.25) is 19.9 Å². The van der Waals surface area contributed by atoms with Gasteiger partial charge in [0.1, 0.15) is 24.2 Å². The van der Waals surface area contributed by atoms with Crippen molar-refractivity contribution in [2.24, 2.45) is 10.9 Å². The molecule has 1 fully saturated rings. The van der Waals surface area contributed by atoms with Crippen molar-refractivity contribution in [2.45, 2.75) is 26.0 Å². The second-order valence-corrected chi connectivity index (χ2v) is 8.00. The van der Waals surface area contributed by atoms with Crippen LogP contribution in [0.4, 0.5) is 4.79 Å². The smallest absolute Gasteiger partial charge is 0.390 e. The Labute approximate surface area is 181 Å². The number of carbonyl (C=O) groups is 2. The quantitative estimate of drug-likeness (QED) is 0.575. The van der Waals surface area contributed by atoms with Gasteiger partial charge in [-0.05, 0) is 30.2 Å². The first-order valence-corrected chi connectivity index (χ1v) is 10.2. The second kappa shape index (κ2) is 9.34. The highest BCUT2D eigenvalue weighted by atomic mass is 16.5. The van der Waals surface area contributed by atoms with Gasteiger partial charge in [0.05, 0.1) is 20.2 Å². The van der Waals surface area contributed by atoms with Gasteiger partial charge in [-0.15, -0.1) is 0 Å². The number of β-amino-alcohol motifs (C(OH)–C–C–N with tert-alkyl or cyclic N) is 1. The van der Waals surface area contributed by atoms with E-state index in [1.54, 1.807) is 43.0 Å². The van der Waals surface area contributed by atoms with Crippen molar-refractivity contribution in [3.8, 4) is 11.5 Å². The van der Waals surface area contributed by atoms with E-state index in [0.29, 0.717) is 35.8 Å². The number of amides is 3. The highest BCUT2D eigenvalue weighted by Crippen LogP contribution is 2.20. The summed E-state index contributed by atoms with van der Waals surface area (Å²) in [5, 5.41) is 13.9. The molecule has 2 unspecified atom stereocenters. The lowest BCUT2D eigenvalue weighted by atomic mass is 10.1. The minimum atomic E-state index is -0.895. The fourth-order valence-corrected chi connectivity index (χ4v) is 3.37. The first-order chi connectivity index (χ1) is 14.7. The van der Waals surface area contributed by atoms with E-state index in [9.17, 15) is 14.7 Å². The third kappa shape index (κ3) is 4.79. The number of aliphatic hydroxyl groups is 1. The number of rotatable bonds is 8. The number of ether oxygens (including phenoxy) is 2. The summed E-state index contributed by atoms with van der Waals surface area (Å²) in [5.74, 6) is 2.08. The number of hydrogen-bond donors (Lipinski definition) is 2. The van der Waals surface area contributed by atoms with E-state index in [4.69, 9.17) is 9.47 Å². The Balaban J connectivity index is 1.75. The summed E-state index contributed by atoms with van der Waals surface area (Å²) >= 11 is 0. The number of hydrogen-bond acceptors (Lipinski definition) is 7. The Morgan fingerprint density at radius 2 is 1.81 bits per heavy atom. The zero-order chi connectivity index (χ0) is 22.7. The van der Waals surface area contributed by atoms with Crippen LogP contribution in [-0.4, -0.2) is 96.3 Å². The van der Waals surface area contributed by atoms with Crippen LogP contribution in [-0.2, 0) is 4.79 Å². The molecule has 2 aliphatic rings. The van der Waals surface area contributed by atoms with E-state index in [1.165, 1.54) is 11.9 Å². The van der Waals surface area contributed by atoms with Crippen molar-refractivity contribution in [3.05, 3.63) is 24.3 Å². The van der Waals surface area contributed by atoms with Gasteiger partial charge in [-0.1, -0.05) is 18.8 Å². The number of imide groups is 1. The highest BCUT2D eigenvalue weighted by molar-refractivity contribution is 6.22. The minimum Gasteiger partial charge on any atom is -0.497 e. The third-order valence-electron chi connectivity index (χ3n) is 5.11. The Kier molecular flexibility index (Phi) is 6.79. The fraction of sp³-hybridized carbons (Fsp3) is 0.524. The number of carbonyl (C=O) groups excluding carboxylic acids is 2. The van der Waals surface area contributed by atoms with Crippen LogP contribution < -0.4 is 14.8 Å². The molecule has 2 N–H and O–H groups in total. The van der Waals surface area contributed by atoms with Crippen LogP contribution >= 0.6 is 0 Å². The predicted octanol–water partition coefficient (Wildman–Crippen LogP) is 0.354. The second-order valence-electron chi connectivity index (χ2n) is 8.00. The molecule has 0 spiro atoms. The number of aliphatic hydroxyl groups excluding tert-OH is 1. The van der Waals surface area contributed by atoms with Gasteiger partial charge in [0.2, 0.25) is 11.9 Å². The largest absolute Gasteiger partial charge is 0.497 e. The highest BCUT2D eigenvalue weighted by Gasteiger charge is 2.51. The molecule has 0 aliphatic carbocycles. The van der Waals surface area contributed by atoms with Gasteiger partial charge in [-0.2, -0.15) is 0 Å². The minimum absolute atomic E-state index is 0.0289. The molecule has 1 saturated heterocycles. The van der Waals surface area contributed by atoms with Crippen LogP contribution in [0.25, 0.3) is 0 Å². The van der Waals surface area contributed by atoms with E-state index in [2.05, 4.69) is 24.2 Å². The maximum absolute atomic E-state index is 12.9. The van der Waals surface area contributed by atoms with Gasteiger partial charge < -0.3 is 14.6 Å². The number of nitrogens with one attached hydrogen (secondary N) is 1. The summed E-state index contributed by atoms with van der Waals surface area (Å²) in [6.45, 7) is 4.88. The molecule has 10 heteroatoms. The molecule has 168 valence electrons. The number of methoxy groups -OCH3 is 1. The molecule has 0 aromatic heterocycles. The van der Waals surface area contributed by atoms with E-state index >= 15 is 0 Å². The van der Waals surface area contributed by atoms with Crippen molar-refractivity contribution in [2.75, 3.05) is 40.9 Å². The van der Waals surface area contributed by atoms with E-state index in [0.717, 1.165) is 4.90 Å². The Hall–Kier alpha value is -3.14. The molecule has 3 amide bonds. The fourth-order valence-electron chi connectivity index (χ4n) is 3.37. The molecule has 3 rings (SSSR count). The average molecular weight is 433 g/mol. The maximum Gasteiger partial charge on any atom is 0.390 e. The number of likely N-dealkylation sites (N-methyl/N-ethyl adjacent to an activating group) is 2. The van der Waals surface area contributed by atoms with E-state index < -0.39 is 18.2 Å². The zero-order valence-electron chi connectivity index (χ0n) is 18.5. The molecular weight excluding hydrogens is 402 g/mol. The molecule has 2 aliphatic heterocycles. The maximum atomic E-state index is 12.9. The Morgan fingerprint density at radius 1 is 1.16 bits per heavy atom. The lowest BCUT2D eigenvalue weighted by Crippen LogP contribution is -2.62. The number of aliphatic imine (C=N–C) groups is 1. The topological polar surface area (TPSA) is 107 Å². The summed E-state index contributed by atoms with van der Waals surface area (Å²) < 4.78 is 12.5. The standard InChI is InChI=1S/C21H29N5O5/c1-13(2)10-22-20-23-18-17(19(28)25(4)21(29)24(18)3)26(20)11-14(27)12-31-16-8-6-15(30-5)7-9-16/h6-9,13-14,17,27H,10-12H2,1-5H3/p+1. The Morgan fingerprint density at radius 3 is 2.42 bits per heavy atom. The van der Waals surface area contributed by atoms with Crippen molar-refractivity contribution < 1.29 is 28.7 Å². The van der Waals surface area contributed by atoms with Gasteiger partial charge in [0.25, 0.3) is 5.91 Å². The van der Waals surface area contributed by atoms with E-state index in [1.807, 2.05) is 0 Å². The molecule has 2 heterocycles. The van der Waals surface area contributed by atoms with Crippen molar-refractivity contribution in [3.63, 3.8) is 0 Å². The van der Waals surface area contributed by atoms with Crippen LogP contribution in [0, 0.1) is 5.92 Å². The Bertz CT molecular complexity index is 896. The van der Waals surface area contributed by atoms with Gasteiger partial charge in [0, 0.05) is 14.1 Å². The summed E-state index contributed by atoms with van der Waals surface area (Å²) in [6.07, 6.45) is -0.895. The monoisotopic (exact) mass is 432 g/mol. The first kappa shape index (κ1) is 22.5. The summed E-state index contributed by atoms with van der Waals surface area (Å²) in [5.41, 5.74) is 0. The van der Waals surface area contributed by atoms with Crippen molar-refractivity contribution >= 4 is 23.7 Å². The van der Waals surface area contributed by atoms with Crippen molar-refractivity contribution in [1.82, 2.24) is 15.1 Å². The van der Waals surface area contributed by atoms with Crippen molar-refractivity contribution in [1.29, 1.82) is 0 Å². The van der Waals surface area contributed by atoms with Gasteiger partial charge in [-0.25, -0.2) is 9.37 Å². The molecule has 31 heavy (non-hydrogen) atoms. The zero-order valence-corrected chi connectivity index (χ0v) is 18.5. The summed E-state index contributed by atoms with van der Waals surface area (Å²) in [6, 6.07) is 5.84. The van der Waals surface area contributed by atoms with Crippen LogP contribution in [0.3, 0.4) is 0 Å². The number of benzene rings is 1. The molecule has 1 aromatic carbocycles. The van der Waals surface area contributed by atoms with Crippen LogP contribution in [0.2, 0.25) is 0 Å². The lowest BCUT2D eigenvalue weighted by molar-refractivity contribution is -0.545. The van der Waals surface area contributed by atoms with Crippen LogP contribution in [0.5, 0.6) is 11.5 Å². The molecule has 10 nitrogen and oxygen atoms in total. The molecule has 0 saturated carbocycles. The summed E-state index contributed by atoms with van der Waals surface area (Å²) in [7, 11) is 4.62. The lowest BCUT2D eigenvalue weighted by Gasteiger charge is -2.32. The molecule has 2 atom stereocenters. The number of urea groups is 1. The molecule has 0 radical (unpaired) electrons. The van der Waals surface area contributed by atoms with Crippen LogP contribution in [0.15, 0.2) is 29.3 Å².